The van der Waals surface area contributed by atoms with E-state index in [1.165, 1.54) is 0 Å². The van der Waals surface area contributed by atoms with Crippen LogP contribution in [0.4, 0.5) is 0 Å². The molecule has 17 heavy (non-hydrogen) atoms. The van der Waals surface area contributed by atoms with Gasteiger partial charge in [0.2, 0.25) is 0 Å². The average molecular weight is 223 g/mol. The summed E-state index contributed by atoms with van der Waals surface area (Å²) in [6.07, 6.45) is 0. The quantitative estimate of drug-likeness (QED) is 0.722. The van der Waals surface area contributed by atoms with E-state index in [-0.39, 0.29) is 6.04 Å². The van der Waals surface area contributed by atoms with Crippen LogP contribution >= 0.6 is 0 Å². The predicted octanol–water partition coefficient (Wildman–Crippen LogP) is 3.48. The van der Waals surface area contributed by atoms with Crippen LogP contribution in [-0.4, -0.2) is 0 Å². The second-order valence-electron chi connectivity index (χ2n) is 4.07. The number of nitrogens with two attached hydrogens (primary N) is 1. The Bertz CT molecular complexity index is 594. The molecule has 0 fully saturated rings. The zero-order chi connectivity index (χ0) is 11.7. The van der Waals surface area contributed by atoms with Crippen LogP contribution in [0.25, 0.3) is 11.0 Å². The molecular formula is C15H13NO. The van der Waals surface area contributed by atoms with Crippen LogP contribution in [0.5, 0.6) is 0 Å². The number of rotatable bonds is 2. The maximum atomic E-state index is 6.19. The fourth-order valence-corrected chi connectivity index (χ4v) is 1.98. The molecule has 0 radical (unpaired) electrons. The first-order chi connectivity index (χ1) is 8.34. The first kappa shape index (κ1) is 10.1. The molecule has 0 unspecified atom stereocenters. The highest BCUT2D eigenvalue weighted by molar-refractivity contribution is 5.77. The topological polar surface area (TPSA) is 39.2 Å². The van der Waals surface area contributed by atoms with Crippen LogP contribution in [0.15, 0.2) is 65.1 Å². The van der Waals surface area contributed by atoms with Crippen molar-refractivity contribution < 1.29 is 4.42 Å². The second kappa shape index (κ2) is 4.07. The molecule has 1 atom stereocenters. The molecule has 0 saturated carbocycles. The van der Waals surface area contributed by atoms with E-state index in [1.807, 2.05) is 60.7 Å². The van der Waals surface area contributed by atoms with Gasteiger partial charge in [-0.05, 0) is 17.7 Å². The van der Waals surface area contributed by atoms with E-state index in [0.29, 0.717) is 0 Å². The summed E-state index contributed by atoms with van der Waals surface area (Å²) >= 11 is 0. The zero-order valence-corrected chi connectivity index (χ0v) is 9.34. The molecule has 2 N–H and O–H groups in total. The van der Waals surface area contributed by atoms with Crippen LogP contribution in [0.3, 0.4) is 0 Å². The van der Waals surface area contributed by atoms with E-state index in [4.69, 9.17) is 10.2 Å². The highest BCUT2D eigenvalue weighted by Crippen LogP contribution is 2.26. The number of para-hydroxylation sites is 1. The fourth-order valence-electron chi connectivity index (χ4n) is 1.98. The maximum absolute atomic E-state index is 6.19. The molecule has 3 rings (SSSR count). The lowest BCUT2D eigenvalue weighted by Crippen LogP contribution is -2.10. The molecule has 0 bridgehead atoms. The predicted molar refractivity (Wildman–Crippen MR) is 68.7 cm³/mol. The summed E-state index contributed by atoms with van der Waals surface area (Å²) in [6, 6.07) is 19.7. The lowest BCUT2D eigenvalue weighted by molar-refractivity contribution is 0.525. The molecule has 84 valence electrons. The van der Waals surface area contributed by atoms with Gasteiger partial charge in [0.1, 0.15) is 11.3 Å². The molecule has 3 aromatic rings. The van der Waals surface area contributed by atoms with Gasteiger partial charge in [0.15, 0.2) is 0 Å². The van der Waals surface area contributed by atoms with E-state index < -0.39 is 0 Å². The van der Waals surface area contributed by atoms with Crippen LogP contribution in [-0.2, 0) is 0 Å². The summed E-state index contributed by atoms with van der Waals surface area (Å²) in [5.74, 6) is 0.803. The molecule has 0 aliphatic rings. The SMILES string of the molecule is N[C@@H](c1ccccc1)c1cc2ccccc2o1. The molecule has 0 aliphatic heterocycles. The molecule has 0 amide bonds. The van der Waals surface area contributed by atoms with Crippen LogP contribution in [0, 0.1) is 0 Å². The summed E-state index contributed by atoms with van der Waals surface area (Å²) in [5.41, 5.74) is 8.13. The summed E-state index contributed by atoms with van der Waals surface area (Å²) in [4.78, 5) is 0. The number of benzene rings is 2. The van der Waals surface area contributed by atoms with Gasteiger partial charge in [-0.2, -0.15) is 0 Å². The van der Waals surface area contributed by atoms with Gasteiger partial charge in [-0.15, -0.1) is 0 Å². The summed E-state index contributed by atoms with van der Waals surface area (Å²) < 4.78 is 5.76. The van der Waals surface area contributed by atoms with Crippen molar-refractivity contribution in [2.45, 2.75) is 6.04 Å². The molecular weight excluding hydrogens is 210 g/mol. The Labute approximate surface area is 99.7 Å². The Morgan fingerprint density at radius 3 is 2.35 bits per heavy atom. The molecule has 2 heteroatoms. The highest BCUT2D eigenvalue weighted by Gasteiger charge is 2.13. The van der Waals surface area contributed by atoms with Crippen LogP contribution in [0.1, 0.15) is 17.4 Å². The van der Waals surface area contributed by atoms with E-state index in [9.17, 15) is 0 Å². The average Bonchev–Trinajstić information content (AvgIpc) is 2.82. The van der Waals surface area contributed by atoms with Gasteiger partial charge in [-0.3, -0.25) is 0 Å². The van der Waals surface area contributed by atoms with Gasteiger partial charge in [0.25, 0.3) is 0 Å². The molecule has 2 nitrogen and oxygen atoms in total. The van der Waals surface area contributed by atoms with E-state index >= 15 is 0 Å². The van der Waals surface area contributed by atoms with Crippen LogP contribution < -0.4 is 5.73 Å². The Kier molecular flexibility index (Phi) is 2.42. The Hall–Kier alpha value is -2.06. The second-order valence-corrected chi connectivity index (χ2v) is 4.07. The molecule has 2 aromatic carbocycles. The summed E-state index contributed by atoms with van der Waals surface area (Å²) in [5, 5.41) is 1.09. The van der Waals surface area contributed by atoms with Crippen molar-refractivity contribution >= 4 is 11.0 Å². The van der Waals surface area contributed by atoms with Crippen molar-refractivity contribution in [2.24, 2.45) is 5.73 Å². The first-order valence-corrected chi connectivity index (χ1v) is 5.63. The van der Waals surface area contributed by atoms with E-state index in [1.54, 1.807) is 0 Å². The smallest absolute Gasteiger partial charge is 0.134 e. The van der Waals surface area contributed by atoms with E-state index in [2.05, 4.69) is 0 Å². The third kappa shape index (κ3) is 1.83. The van der Waals surface area contributed by atoms with Gasteiger partial charge in [0.05, 0.1) is 6.04 Å². The van der Waals surface area contributed by atoms with Gasteiger partial charge < -0.3 is 10.2 Å². The van der Waals surface area contributed by atoms with Gasteiger partial charge in [0, 0.05) is 5.39 Å². The number of fused-ring (bicyclic) bond motifs is 1. The maximum Gasteiger partial charge on any atom is 0.134 e. The zero-order valence-electron chi connectivity index (χ0n) is 9.34. The summed E-state index contributed by atoms with van der Waals surface area (Å²) in [6.45, 7) is 0. The van der Waals surface area contributed by atoms with Crippen LogP contribution in [0.2, 0.25) is 0 Å². The fraction of sp³-hybridized carbons (Fsp3) is 0.0667. The minimum absolute atomic E-state index is 0.205. The lowest BCUT2D eigenvalue weighted by atomic mass is 10.1. The normalized spacial score (nSPS) is 12.8. The molecule has 1 heterocycles. The lowest BCUT2D eigenvalue weighted by Gasteiger charge is -2.07. The number of hydrogen-bond donors (Lipinski definition) is 1. The monoisotopic (exact) mass is 223 g/mol. The van der Waals surface area contributed by atoms with Crippen molar-refractivity contribution in [1.29, 1.82) is 0 Å². The molecule has 0 spiro atoms. The summed E-state index contributed by atoms with van der Waals surface area (Å²) in [7, 11) is 0. The van der Waals surface area contributed by atoms with Crippen molar-refractivity contribution in [1.82, 2.24) is 0 Å². The van der Waals surface area contributed by atoms with Gasteiger partial charge >= 0.3 is 0 Å². The third-order valence-electron chi connectivity index (χ3n) is 2.91. The number of hydrogen-bond acceptors (Lipinski definition) is 2. The standard InChI is InChI=1S/C15H13NO/c16-15(11-6-2-1-3-7-11)14-10-12-8-4-5-9-13(12)17-14/h1-10,15H,16H2/t15-/m0/s1. The van der Waals surface area contributed by atoms with Crippen molar-refractivity contribution in [3.05, 3.63) is 72.0 Å². The number of furan rings is 1. The first-order valence-electron chi connectivity index (χ1n) is 5.63. The van der Waals surface area contributed by atoms with Gasteiger partial charge in [-0.1, -0.05) is 48.5 Å². The Morgan fingerprint density at radius 2 is 1.59 bits per heavy atom. The Balaban J connectivity index is 2.04. The minimum atomic E-state index is -0.205. The minimum Gasteiger partial charge on any atom is -0.459 e. The largest absolute Gasteiger partial charge is 0.459 e. The molecule has 0 aliphatic carbocycles. The van der Waals surface area contributed by atoms with Crippen molar-refractivity contribution in [3.8, 4) is 0 Å². The Morgan fingerprint density at radius 1 is 0.882 bits per heavy atom. The highest BCUT2D eigenvalue weighted by atomic mass is 16.3. The molecule has 0 saturated heterocycles. The van der Waals surface area contributed by atoms with E-state index in [0.717, 1.165) is 22.3 Å². The van der Waals surface area contributed by atoms with Gasteiger partial charge in [-0.25, -0.2) is 0 Å². The third-order valence-corrected chi connectivity index (χ3v) is 2.91. The van der Waals surface area contributed by atoms with Crippen molar-refractivity contribution in [3.63, 3.8) is 0 Å². The van der Waals surface area contributed by atoms with Crippen molar-refractivity contribution in [2.75, 3.05) is 0 Å². The molecule has 1 aromatic heterocycles.